The number of amidine groups is 1. The van der Waals surface area contributed by atoms with Crippen molar-refractivity contribution in [3.05, 3.63) is 35.4 Å². The summed E-state index contributed by atoms with van der Waals surface area (Å²) in [7, 11) is 0. The van der Waals surface area contributed by atoms with Crippen LogP contribution in [0.25, 0.3) is 0 Å². The maximum atomic E-state index is 11.5. The van der Waals surface area contributed by atoms with E-state index in [9.17, 15) is 15.0 Å². The molecule has 1 amide bonds. The van der Waals surface area contributed by atoms with Gasteiger partial charge >= 0.3 is 6.09 Å². The van der Waals surface area contributed by atoms with Crippen LogP contribution in [0.4, 0.5) is 4.79 Å². The number of ether oxygens (including phenoxy) is 1. The van der Waals surface area contributed by atoms with Gasteiger partial charge in [0.05, 0.1) is 0 Å². The molecule has 0 aliphatic rings. The van der Waals surface area contributed by atoms with E-state index in [0.717, 1.165) is 0 Å². The Balaban J connectivity index is 2.59. The fourth-order valence-electron chi connectivity index (χ4n) is 1.74. The summed E-state index contributed by atoms with van der Waals surface area (Å²) in [6, 6.07) is 6.16. The quantitative estimate of drug-likeness (QED) is 0.234. The highest BCUT2D eigenvalue weighted by Gasteiger charge is 2.21. The minimum atomic E-state index is -1.21. The van der Waals surface area contributed by atoms with Crippen LogP contribution in [0.3, 0.4) is 0 Å². The van der Waals surface area contributed by atoms with Crippen LogP contribution < -0.4 is 11.1 Å². The minimum Gasteiger partial charge on any atom is -0.444 e. The Morgan fingerprint density at radius 2 is 1.87 bits per heavy atom. The van der Waals surface area contributed by atoms with Crippen LogP contribution >= 0.6 is 0 Å². The summed E-state index contributed by atoms with van der Waals surface area (Å²) >= 11 is 0. The third kappa shape index (κ3) is 6.13. The number of hydrogen-bond donors (Lipinski definition) is 5. The number of nitrogens with two attached hydrogens (primary N) is 1. The van der Waals surface area contributed by atoms with E-state index in [0.29, 0.717) is 11.1 Å². The molecule has 0 aliphatic heterocycles. The summed E-state index contributed by atoms with van der Waals surface area (Å²) < 4.78 is 5.03. The molecule has 128 valence electrons. The van der Waals surface area contributed by atoms with Crippen molar-refractivity contribution in [2.24, 2.45) is 10.9 Å². The van der Waals surface area contributed by atoms with E-state index < -0.39 is 23.9 Å². The number of aliphatic hydroxyl groups excluding tert-OH is 2. The van der Waals surface area contributed by atoms with Gasteiger partial charge in [-0.25, -0.2) is 4.79 Å². The number of aliphatic hydroxyl groups is 2. The van der Waals surface area contributed by atoms with Crippen molar-refractivity contribution in [3.63, 3.8) is 0 Å². The highest BCUT2D eigenvalue weighted by molar-refractivity contribution is 5.96. The fraction of sp³-hybridized carbons (Fsp3) is 0.467. The number of alkyl carbamates (subject to hydrolysis) is 1. The molecule has 0 spiro atoms. The first-order chi connectivity index (χ1) is 10.6. The van der Waals surface area contributed by atoms with Crippen LogP contribution in [-0.2, 0) is 4.74 Å². The molecule has 2 unspecified atom stereocenters. The average molecular weight is 325 g/mol. The fourth-order valence-corrected chi connectivity index (χ4v) is 1.74. The Labute approximate surface area is 134 Å². The summed E-state index contributed by atoms with van der Waals surface area (Å²) in [4.78, 5) is 11.5. The summed E-state index contributed by atoms with van der Waals surface area (Å²) in [5, 5.41) is 33.8. The van der Waals surface area contributed by atoms with Gasteiger partial charge in [0.25, 0.3) is 0 Å². The number of amides is 1. The smallest absolute Gasteiger partial charge is 0.407 e. The predicted octanol–water partition coefficient (Wildman–Crippen LogP) is 0.700. The second kappa shape index (κ2) is 7.80. The molecule has 8 heteroatoms. The molecule has 0 fully saturated rings. The van der Waals surface area contributed by atoms with Gasteiger partial charge in [0.2, 0.25) is 0 Å². The molecule has 2 atom stereocenters. The average Bonchev–Trinajstić information content (AvgIpc) is 2.49. The lowest BCUT2D eigenvalue weighted by Gasteiger charge is -2.22. The molecule has 0 saturated carbocycles. The number of carbonyl (C=O) groups is 1. The summed E-state index contributed by atoms with van der Waals surface area (Å²) in [5.74, 6) is -0.0572. The van der Waals surface area contributed by atoms with Crippen molar-refractivity contribution >= 4 is 11.9 Å². The van der Waals surface area contributed by atoms with Crippen molar-refractivity contribution in [2.75, 3.05) is 6.54 Å². The number of oxime groups is 1. The molecule has 8 nitrogen and oxygen atoms in total. The standard InChI is InChI=1S/C15H23N3O5/c1-15(2,3)23-14(21)17-8-11(19)12(20)9-4-6-10(7-5-9)13(16)18-22/h4-7,11-12,19-20,22H,8H2,1-3H3,(H2,16,18)(H,17,21). The maximum absolute atomic E-state index is 11.5. The molecular weight excluding hydrogens is 302 g/mol. The zero-order valence-electron chi connectivity index (χ0n) is 13.4. The Morgan fingerprint density at radius 3 is 2.35 bits per heavy atom. The van der Waals surface area contributed by atoms with Gasteiger partial charge < -0.3 is 31.2 Å². The summed E-state index contributed by atoms with van der Waals surface area (Å²) in [6.45, 7) is 5.00. The van der Waals surface area contributed by atoms with E-state index in [2.05, 4.69) is 10.5 Å². The molecule has 0 aliphatic carbocycles. The lowest BCUT2D eigenvalue weighted by molar-refractivity contribution is 0.0129. The maximum Gasteiger partial charge on any atom is 0.407 e. The predicted molar refractivity (Wildman–Crippen MR) is 84.2 cm³/mol. The van der Waals surface area contributed by atoms with Gasteiger partial charge in [0.15, 0.2) is 5.84 Å². The molecule has 0 saturated heterocycles. The third-order valence-electron chi connectivity index (χ3n) is 2.87. The number of carbonyl (C=O) groups excluding carboxylic acids is 1. The molecule has 23 heavy (non-hydrogen) atoms. The molecule has 0 heterocycles. The van der Waals surface area contributed by atoms with Crippen LogP contribution in [0.2, 0.25) is 0 Å². The molecule has 0 aromatic heterocycles. The van der Waals surface area contributed by atoms with E-state index >= 15 is 0 Å². The Bertz CT molecular complexity index is 551. The second-order valence-electron chi connectivity index (χ2n) is 6.00. The molecule has 1 aromatic rings. The van der Waals surface area contributed by atoms with E-state index in [1.54, 1.807) is 32.9 Å². The lowest BCUT2D eigenvalue weighted by Crippen LogP contribution is -2.38. The Hall–Kier alpha value is -2.32. The zero-order chi connectivity index (χ0) is 17.6. The van der Waals surface area contributed by atoms with Gasteiger partial charge in [0, 0.05) is 12.1 Å². The van der Waals surface area contributed by atoms with Gasteiger partial charge in [-0.2, -0.15) is 0 Å². The first kappa shape index (κ1) is 18.7. The monoisotopic (exact) mass is 325 g/mol. The van der Waals surface area contributed by atoms with Crippen LogP contribution in [0, 0.1) is 0 Å². The molecule has 0 bridgehead atoms. The number of hydrogen-bond acceptors (Lipinski definition) is 6. The minimum absolute atomic E-state index is 0.0572. The van der Waals surface area contributed by atoms with Crippen LogP contribution in [0.5, 0.6) is 0 Å². The van der Waals surface area contributed by atoms with Gasteiger partial charge in [-0.15, -0.1) is 0 Å². The van der Waals surface area contributed by atoms with Crippen molar-refractivity contribution in [2.45, 2.75) is 38.6 Å². The molecule has 1 aromatic carbocycles. The number of rotatable bonds is 5. The van der Waals surface area contributed by atoms with Gasteiger partial charge in [-0.05, 0) is 26.3 Å². The number of benzene rings is 1. The molecule has 0 radical (unpaired) electrons. The highest BCUT2D eigenvalue weighted by atomic mass is 16.6. The normalized spacial score (nSPS) is 14.9. The van der Waals surface area contributed by atoms with Gasteiger partial charge in [-0.1, -0.05) is 29.4 Å². The zero-order valence-corrected chi connectivity index (χ0v) is 13.4. The van der Waals surface area contributed by atoms with Crippen molar-refractivity contribution < 1.29 is 25.0 Å². The first-order valence-corrected chi connectivity index (χ1v) is 7.05. The SMILES string of the molecule is CC(C)(C)OC(=O)NCC(O)C(O)c1ccc(C(N)=NO)cc1. The molecular formula is C15H23N3O5. The van der Waals surface area contributed by atoms with E-state index in [4.69, 9.17) is 15.7 Å². The van der Waals surface area contributed by atoms with Crippen molar-refractivity contribution in [3.8, 4) is 0 Å². The van der Waals surface area contributed by atoms with E-state index in [1.165, 1.54) is 12.1 Å². The summed E-state index contributed by atoms with van der Waals surface area (Å²) in [5.41, 5.74) is 5.70. The summed E-state index contributed by atoms with van der Waals surface area (Å²) in [6.07, 6.45) is -3.09. The van der Waals surface area contributed by atoms with E-state index in [1.807, 2.05) is 0 Å². The van der Waals surface area contributed by atoms with Crippen LogP contribution in [0.1, 0.15) is 38.0 Å². The highest BCUT2D eigenvalue weighted by Crippen LogP contribution is 2.17. The van der Waals surface area contributed by atoms with Gasteiger partial charge in [0.1, 0.15) is 17.8 Å². The molecule has 6 N–H and O–H groups in total. The van der Waals surface area contributed by atoms with Crippen LogP contribution in [0.15, 0.2) is 29.4 Å². The van der Waals surface area contributed by atoms with Crippen LogP contribution in [-0.4, -0.2) is 45.6 Å². The number of nitrogens with zero attached hydrogens (tertiary/aromatic N) is 1. The first-order valence-electron chi connectivity index (χ1n) is 7.05. The Kier molecular flexibility index (Phi) is 6.35. The number of nitrogens with one attached hydrogen (secondary N) is 1. The lowest BCUT2D eigenvalue weighted by atomic mass is 10.0. The van der Waals surface area contributed by atoms with E-state index in [-0.39, 0.29) is 12.4 Å². The van der Waals surface area contributed by atoms with Gasteiger partial charge in [-0.3, -0.25) is 0 Å². The van der Waals surface area contributed by atoms with Crippen molar-refractivity contribution in [1.29, 1.82) is 0 Å². The Morgan fingerprint density at radius 1 is 1.30 bits per heavy atom. The molecule has 1 rings (SSSR count). The third-order valence-corrected chi connectivity index (χ3v) is 2.87. The second-order valence-corrected chi connectivity index (χ2v) is 6.00. The topological polar surface area (TPSA) is 137 Å². The van der Waals surface area contributed by atoms with Crippen molar-refractivity contribution in [1.82, 2.24) is 5.32 Å². The largest absolute Gasteiger partial charge is 0.444 e.